The van der Waals surface area contributed by atoms with Gasteiger partial charge in [0.15, 0.2) is 6.10 Å². The van der Waals surface area contributed by atoms with E-state index in [-0.39, 0.29) is 13.0 Å². The highest BCUT2D eigenvalue weighted by molar-refractivity contribution is 5.82. The lowest BCUT2D eigenvalue weighted by Gasteiger charge is -2.27. The molecule has 0 aliphatic carbocycles. The van der Waals surface area contributed by atoms with Crippen molar-refractivity contribution in [2.24, 2.45) is 0 Å². The summed E-state index contributed by atoms with van der Waals surface area (Å²) in [6.45, 7) is 8.68. The van der Waals surface area contributed by atoms with Crippen molar-refractivity contribution in [3.05, 3.63) is 42.0 Å². The molecule has 3 rings (SSSR count). The Labute approximate surface area is 204 Å². The molecule has 2 aromatic rings. The number of nitrogens with zero attached hydrogens (tertiary/aromatic N) is 4. The van der Waals surface area contributed by atoms with E-state index in [4.69, 9.17) is 9.47 Å². The maximum atomic E-state index is 14.8. The lowest BCUT2D eigenvalue weighted by molar-refractivity contribution is -0.133. The molecule has 2 heterocycles. The Morgan fingerprint density at radius 3 is 2.77 bits per heavy atom. The lowest BCUT2D eigenvalue weighted by atomic mass is 10.0. The Morgan fingerprint density at radius 1 is 1.37 bits per heavy atom. The lowest BCUT2D eigenvalue weighted by Crippen LogP contribution is -2.48. The van der Waals surface area contributed by atoms with Crippen molar-refractivity contribution in [3.63, 3.8) is 0 Å². The van der Waals surface area contributed by atoms with Crippen LogP contribution in [0.15, 0.2) is 30.6 Å². The molecule has 188 valence electrons. The average Bonchev–Trinajstić information content (AvgIpc) is 3.14. The molecule has 2 amide bonds. The maximum Gasteiger partial charge on any atom is 0.410 e. The number of carbonyl (C=O) groups excluding carboxylic acids is 2. The van der Waals surface area contributed by atoms with Crippen LogP contribution in [0.2, 0.25) is 0 Å². The molecule has 1 fully saturated rings. The number of aryl methyl sites for hydroxylation is 1. The molecule has 1 N–H and O–H groups in total. The normalized spacial score (nSPS) is 17.3. The quantitative estimate of drug-likeness (QED) is 0.673. The molecule has 10 heteroatoms. The van der Waals surface area contributed by atoms with Crippen molar-refractivity contribution in [3.8, 4) is 17.2 Å². The van der Waals surface area contributed by atoms with Crippen LogP contribution in [-0.4, -0.2) is 64.1 Å². The smallest absolute Gasteiger partial charge is 0.410 e. The van der Waals surface area contributed by atoms with Crippen molar-refractivity contribution in [1.29, 1.82) is 5.26 Å². The number of aromatic nitrogens is 2. The second-order valence-corrected chi connectivity index (χ2v) is 9.42. The number of halogens is 1. The molecule has 1 aliphatic rings. The largest absolute Gasteiger partial charge is 0.444 e. The van der Waals surface area contributed by atoms with Crippen molar-refractivity contribution >= 4 is 12.0 Å². The number of carbonyl (C=O) groups is 2. The van der Waals surface area contributed by atoms with Crippen LogP contribution in [0, 0.1) is 17.1 Å². The van der Waals surface area contributed by atoms with Crippen molar-refractivity contribution in [2.75, 3.05) is 19.7 Å². The van der Waals surface area contributed by atoms with Gasteiger partial charge >= 0.3 is 6.09 Å². The molecule has 1 aliphatic heterocycles. The van der Waals surface area contributed by atoms with Gasteiger partial charge in [-0.15, -0.1) is 0 Å². The highest BCUT2D eigenvalue weighted by Gasteiger charge is 2.31. The maximum absolute atomic E-state index is 14.8. The van der Waals surface area contributed by atoms with Crippen LogP contribution in [0.5, 0.6) is 0 Å². The minimum atomic E-state index is -0.965. The highest BCUT2D eigenvalue weighted by Crippen LogP contribution is 2.22. The molecule has 1 aromatic heterocycles. The van der Waals surface area contributed by atoms with E-state index in [2.05, 4.69) is 10.4 Å². The third-order valence-electron chi connectivity index (χ3n) is 5.46. The molecule has 1 aromatic carbocycles. The number of hydrogen-bond acceptors (Lipinski definition) is 6. The van der Waals surface area contributed by atoms with Crippen LogP contribution in [0.3, 0.4) is 0 Å². The molecule has 0 bridgehead atoms. The molecular weight excluding hydrogens is 453 g/mol. The Morgan fingerprint density at radius 2 is 2.14 bits per heavy atom. The van der Waals surface area contributed by atoms with E-state index >= 15 is 0 Å². The van der Waals surface area contributed by atoms with Gasteiger partial charge in [-0.2, -0.15) is 10.4 Å². The van der Waals surface area contributed by atoms with Gasteiger partial charge in [0.2, 0.25) is 0 Å². The first-order chi connectivity index (χ1) is 16.6. The minimum absolute atomic E-state index is 0.00734. The zero-order chi connectivity index (χ0) is 25.6. The van der Waals surface area contributed by atoms with Crippen molar-refractivity contribution < 1.29 is 23.5 Å². The molecule has 0 radical (unpaired) electrons. The summed E-state index contributed by atoms with van der Waals surface area (Å²) in [7, 11) is 0. The van der Waals surface area contributed by atoms with Gasteiger partial charge in [0.25, 0.3) is 5.91 Å². The number of nitrogens with one attached hydrogen (secondary N) is 1. The van der Waals surface area contributed by atoms with E-state index in [1.807, 2.05) is 19.2 Å². The molecule has 0 saturated carbocycles. The number of ether oxygens (including phenoxy) is 2. The topological polar surface area (TPSA) is 109 Å². The van der Waals surface area contributed by atoms with Gasteiger partial charge in [-0.3, -0.25) is 9.48 Å². The average molecular weight is 486 g/mol. The van der Waals surface area contributed by atoms with Crippen LogP contribution in [-0.2, 0) is 27.2 Å². The number of hydrogen-bond donors (Lipinski definition) is 1. The van der Waals surface area contributed by atoms with Gasteiger partial charge in [-0.05, 0) is 51.3 Å². The standard InChI is InChI=1S/C25H32FN5O4/c1-5-31-15-19(14-28-31)17-7-8-18(21(26)12-17)11-20(13-27)29-23(32)22-16-30(9-6-10-34-22)24(33)35-25(2,3)4/h7-8,12,14-15,20,22H,5-6,9-11,16H2,1-4H3,(H,29,32)/t20-,22?/m0/s1. The van der Waals surface area contributed by atoms with E-state index in [1.54, 1.807) is 43.8 Å². The van der Waals surface area contributed by atoms with Gasteiger partial charge < -0.3 is 19.7 Å². The first-order valence-electron chi connectivity index (χ1n) is 11.7. The van der Waals surface area contributed by atoms with Crippen LogP contribution in [0.25, 0.3) is 11.1 Å². The molecule has 9 nitrogen and oxygen atoms in total. The molecule has 1 saturated heterocycles. The predicted molar refractivity (Wildman–Crippen MR) is 127 cm³/mol. The van der Waals surface area contributed by atoms with Gasteiger partial charge in [-0.1, -0.05) is 12.1 Å². The fraction of sp³-hybridized carbons (Fsp3) is 0.520. The summed E-state index contributed by atoms with van der Waals surface area (Å²) in [6, 6.07) is 5.82. The van der Waals surface area contributed by atoms with Crippen LogP contribution in [0.4, 0.5) is 9.18 Å². The van der Waals surface area contributed by atoms with Gasteiger partial charge in [0.1, 0.15) is 17.5 Å². The zero-order valence-corrected chi connectivity index (χ0v) is 20.6. The number of benzene rings is 1. The molecular formula is C25H32FN5O4. The number of rotatable bonds is 6. The van der Waals surface area contributed by atoms with Gasteiger partial charge in [-0.25, -0.2) is 9.18 Å². The van der Waals surface area contributed by atoms with Crippen LogP contribution >= 0.6 is 0 Å². The van der Waals surface area contributed by atoms with Gasteiger partial charge in [0, 0.05) is 37.9 Å². The Balaban J connectivity index is 1.63. The van der Waals surface area contributed by atoms with Crippen LogP contribution in [0.1, 0.15) is 39.7 Å². The SMILES string of the molecule is CCn1cc(-c2ccc(C[C@@H](C#N)NC(=O)C3CN(C(=O)OC(C)(C)C)CCCO3)c(F)c2)cn1. The van der Waals surface area contributed by atoms with Crippen LogP contribution < -0.4 is 5.32 Å². The van der Waals surface area contributed by atoms with Gasteiger partial charge in [0.05, 0.1) is 18.8 Å². The summed E-state index contributed by atoms with van der Waals surface area (Å²) >= 11 is 0. The summed E-state index contributed by atoms with van der Waals surface area (Å²) in [6.07, 6.45) is 2.57. The monoisotopic (exact) mass is 485 g/mol. The molecule has 0 spiro atoms. The van der Waals surface area contributed by atoms with E-state index < -0.39 is 35.6 Å². The minimum Gasteiger partial charge on any atom is -0.444 e. The molecule has 2 atom stereocenters. The third-order valence-corrected chi connectivity index (χ3v) is 5.46. The first kappa shape index (κ1) is 26.2. The third kappa shape index (κ3) is 7.26. The Bertz CT molecular complexity index is 1090. The van der Waals surface area contributed by atoms with E-state index in [0.29, 0.717) is 37.2 Å². The Hall–Kier alpha value is -3.45. The second-order valence-electron chi connectivity index (χ2n) is 9.42. The number of nitriles is 1. The Kier molecular flexibility index (Phi) is 8.46. The molecule has 1 unspecified atom stereocenters. The molecule has 35 heavy (non-hydrogen) atoms. The first-order valence-corrected chi connectivity index (χ1v) is 11.7. The fourth-order valence-corrected chi connectivity index (χ4v) is 3.67. The summed E-state index contributed by atoms with van der Waals surface area (Å²) in [4.78, 5) is 26.7. The van der Waals surface area contributed by atoms with E-state index in [9.17, 15) is 19.2 Å². The van der Waals surface area contributed by atoms with E-state index in [0.717, 1.165) is 5.56 Å². The summed E-state index contributed by atoms with van der Waals surface area (Å²) in [5.41, 5.74) is 1.12. The number of amides is 2. The fourth-order valence-electron chi connectivity index (χ4n) is 3.67. The second kappa shape index (κ2) is 11.3. The summed E-state index contributed by atoms with van der Waals surface area (Å²) in [5.74, 6) is -1.00. The summed E-state index contributed by atoms with van der Waals surface area (Å²) in [5, 5.41) is 16.4. The highest BCUT2D eigenvalue weighted by atomic mass is 19.1. The zero-order valence-electron chi connectivity index (χ0n) is 20.6. The van der Waals surface area contributed by atoms with Crippen molar-refractivity contribution in [1.82, 2.24) is 20.0 Å². The van der Waals surface area contributed by atoms with Crippen molar-refractivity contribution in [2.45, 2.75) is 64.8 Å². The predicted octanol–water partition coefficient (Wildman–Crippen LogP) is 3.29. The summed E-state index contributed by atoms with van der Waals surface area (Å²) < 4.78 is 27.6. The van der Waals surface area contributed by atoms with E-state index in [1.165, 1.54) is 11.0 Å².